The molecule has 8 heteroatoms. The molecule has 2 heterocycles. The van der Waals surface area contributed by atoms with Gasteiger partial charge in [0.25, 0.3) is 5.91 Å². The smallest absolute Gasteiger partial charge is 0.307 e. The van der Waals surface area contributed by atoms with Crippen LogP contribution in [0.2, 0.25) is 0 Å². The van der Waals surface area contributed by atoms with Crippen molar-refractivity contribution in [3.8, 4) is 11.4 Å². The van der Waals surface area contributed by atoms with E-state index >= 15 is 0 Å². The molecule has 7 nitrogen and oxygen atoms in total. The van der Waals surface area contributed by atoms with Crippen molar-refractivity contribution in [3.05, 3.63) is 52.5 Å². The molecule has 158 valence electrons. The fraction of sp³-hybridized carbons (Fsp3) is 0.364. The number of hydrogen-bond acceptors (Lipinski definition) is 7. The van der Waals surface area contributed by atoms with Crippen LogP contribution in [0.3, 0.4) is 0 Å². The number of carbonyl (C=O) groups is 2. The van der Waals surface area contributed by atoms with E-state index in [9.17, 15) is 9.59 Å². The first-order chi connectivity index (χ1) is 14.5. The third kappa shape index (κ3) is 5.54. The highest BCUT2D eigenvalue weighted by Gasteiger charge is 2.20. The summed E-state index contributed by atoms with van der Waals surface area (Å²) in [5, 5.41) is 10.6. The molecule has 1 amide bonds. The van der Waals surface area contributed by atoms with Crippen LogP contribution in [-0.4, -0.2) is 28.1 Å². The van der Waals surface area contributed by atoms with E-state index in [2.05, 4.69) is 29.3 Å². The monoisotopic (exact) mass is 427 g/mol. The first-order valence-corrected chi connectivity index (χ1v) is 10.9. The molecule has 3 rings (SSSR count). The normalized spacial score (nSPS) is 12.9. The molecular formula is C22H25N3O4S. The molecule has 0 aliphatic carbocycles. The fourth-order valence-electron chi connectivity index (χ4n) is 2.88. The van der Waals surface area contributed by atoms with Gasteiger partial charge in [-0.2, -0.15) is 16.3 Å². The van der Waals surface area contributed by atoms with E-state index in [-0.39, 0.29) is 18.7 Å². The van der Waals surface area contributed by atoms with Crippen LogP contribution in [0.1, 0.15) is 51.0 Å². The molecule has 0 aliphatic heterocycles. The van der Waals surface area contributed by atoms with Gasteiger partial charge in [0.15, 0.2) is 6.10 Å². The summed E-state index contributed by atoms with van der Waals surface area (Å²) in [6.07, 6.45) is 0.348. The number of carbonyl (C=O) groups excluding carboxylic acids is 2. The van der Waals surface area contributed by atoms with E-state index in [1.807, 2.05) is 41.1 Å². The SMILES string of the molecule is CCC(C)c1ccccc1NC(=O)C(C)OC(=O)CCc1nc(-c2ccsc2)no1. The highest BCUT2D eigenvalue weighted by atomic mass is 32.1. The first kappa shape index (κ1) is 21.7. The van der Waals surface area contributed by atoms with Crippen LogP contribution in [-0.2, 0) is 20.7 Å². The van der Waals surface area contributed by atoms with E-state index in [1.54, 1.807) is 18.3 Å². The van der Waals surface area contributed by atoms with Crippen LogP contribution < -0.4 is 5.32 Å². The largest absolute Gasteiger partial charge is 0.453 e. The van der Waals surface area contributed by atoms with Crippen molar-refractivity contribution in [2.75, 3.05) is 5.32 Å². The highest BCUT2D eigenvalue weighted by molar-refractivity contribution is 7.08. The van der Waals surface area contributed by atoms with Crippen LogP contribution in [0.5, 0.6) is 0 Å². The van der Waals surface area contributed by atoms with Crippen molar-refractivity contribution in [2.24, 2.45) is 0 Å². The number of hydrogen-bond donors (Lipinski definition) is 1. The maximum atomic E-state index is 12.5. The van der Waals surface area contributed by atoms with Crippen molar-refractivity contribution >= 4 is 28.9 Å². The number of nitrogens with one attached hydrogen (secondary N) is 1. The molecule has 2 unspecified atom stereocenters. The Labute approximate surface area is 179 Å². The summed E-state index contributed by atoms with van der Waals surface area (Å²) >= 11 is 1.54. The molecule has 0 aliphatic rings. The Kier molecular flexibility index (Phi) is 7.35. The number of benzene rings is 1. The number of para-hydroxylation sites is 1. The number of anilines is 1. The number of thiophene rings is 1. The van der Waals surface area contributed by atoms with Crippen molar-refractivity contribution in [3.63, 3.8) is 0 Å². The van der Waals surface area contributed by atoms with Gasteiger partial charge in [-0.3, -0.25) is 9.59 Å². The number of ether oxygens (including phenoxy) is 1. The average Bonchev–Trinajstić information content (AvgIpc) is 3.43. The zero-order valence-corrected chi connectivity index (χ0v) is 18.1. The topological polar surface area (TPSA) is 94.3 Å². The third-order valence-corrected chi connectivity index (χ3v) is 5.51. The standard InChI is InChI=1S/C22H25N3O4S/c1-4-14(2)17-7-5-6-8-18(17)23-22(27)15(3)28-20(26)10-9-19-24-21(25-29-19)16-11-12-30-13-16/h5-8,11-15H,4,9-10H2,1-3H3,(H,23,27). The van der Waals surface area contributed by atoms with Crippen LogP contribution in [0.25, 0.3) is 11.4 Å². The maximum absolute atomic E-state index is 12.5. The molecule has 2 atom stereocenters. The summed E-state index contributed by atoms with van der Waals surface area (Å²) in [5.41, 5.74) is 2.68. The predicted molar refractivity (Wildman–Crippen MR) is 115 cm³/mol. The number of esters is 1. The third-order valence-electron chi connectivity index (χ3n) is 4.83. The van der Waals surface area contributed by atoms with Gasteiger partial charge >= 0.3 is 5.97 Å². The van der Waals surface area contributed by atoms with Crippen LogP contribution in [0.15, 0.2) is 45.6 Å². The molecule has 2 aromatic heterocycles. The summed E-state index contributed by atoms with van der Waals surface area (Å²) < 4.78 is 10.4. The molecule has 0 saturated heterocycles. The van der Waals surface area contributed by atoms with Gasteiger partial charge < -0.3 is 14.6 Å². The summed E-state index contributed by atoms with van der Waals surface area (Å²) in [5.74, 6) is 0.299. The lowest BCUT2D eigenvalue weighted by molar-refractivity contribution is -0.153. The number of aromatic nitrogens is 2. The second-order valence-corrected chi connectivity index (χ2v) is 7.82. The minimum Gasteiger partial charge on any atom is -0.453 e. The summed E-state index contributed by atoms with van der Waals surface area (Å²) in [7, 11) is 0. The second-order valence-electron chi connectivity index (χ2n) is 7.04. The van der Waals surface area contributed by atoms with Crippen LogP contribution in [0, 0.1) is 0 Å². The fourth-order valence-corrected chi connectivity index (χ4v) is 3.51. The van der Waals surface area contributed by atoms with Gasteiger partial charge in [0, 0.05) is 23.1 Å². The van der Waals surface area contributed by atoms with Gasteiger partial charge in [0.1, 0.15) is 0 Å². The van der Waals surface area contributed by atoms with E-state index in [0.29, 0.717) is 17.6 Å². The van der Waals surface area contributed by atoms with Gasteiger partial charge in [0.05, 0.1) is 6.42 Å². The van der Waals surface area contributed by atoms with E-state index in [0.717, 1.165) is 23.2 Å². The first-order valence-electron chi connectivity index (χ1n) is 9.92. The molecule has 3 aromatic rings. The molecule has 1 aromatic carbocycles. The lowest BCUT2D eigenvalue weighted by Crippen LogP contribution is -2.30. The Hall–Kier alpha value is -3.00. The van der Waals surface area contributed by atoms with Crippen LogP contribution in [0.4, 0.5) is 5.69 Å². The van der Waals surface area contributed by atoms with Gasteiger partial charge in [0.2, 0.25) is 11.7 Å². The molecule has 30 heavy (non-hydrogen) atoms. The Morgan fingerprint density at radius 1 is 1.23 bits per heavy atom. The van der Waals surface area contributed by atoms with Crippen molar-refractivity contribution in [1.82, 2.24) is 10.1 Å². The van der Waals surface area contributed by atoms with E-state index in [1.165, 1.54) is 0 Å². The van der Waals surface area contributed by atoms with Gasteiger partial charge in [-0.1, -0.05) is 37.2 Å². The number of aryl methyl sites for hydroxylation is 1. The van der Waals surface area contributed by atoms with Gasteiger partial charge in [-0.05, 0) is 42.3 Å². The molecule has 0 spiro atoms. The van der Waals surface area contributed by atoms with Crippen molar-refractivity contribution < 1.29 is 18.8 Å². The summed E-state index contributed by atoms with van der Waals surface area (Å²) in [6.45, 7) is 5.76. The lowest BCUT2D eigenvalue weighted by Gasteiger charge is -2.18. The minimum absolute atomic E-state index is 0.0480. The maximum Gasteiger partial charge on any atom is 0.307 e. The molecule has 0 bridgehead atoms. The minimum atomic E-state index is -0.911. The molecule has 0 fully saturated rings. The predicted octanol–water partition coefficient (Wildman–Crippen LogP) is 4.81. The van der Waals surface area contributed by atoms with Gasteiger partial charge in [-0.25, -0.2) is 0 Å². The second kappa shape index (κ2) is 10.2. The van der Waals surface area contributed by atoms with Crippen molar-refractivity contribution in [1.29, 1.82) is 0 Å². The number of amides is 1. The molecule has 0 saturated carbocycles. The Bertz CT molecular complexity index is 984. The van der Waals surface area contributed by atoms with Crippen molar-refractivity contribution in [2.45, 2.75) is 52.1 Å². The Balaban J connectivity index is 1.50. The number of rotatable bonds is 9. The van der Waals surface area contributed by atoms with E-state index < -0.39 is 12.1 Å². The quantitative estimate of drug-likeness (QED) is 0.492. The number of nitrogens with zero attached hydrogens (tertiary/aromatic N) is 2. The highest BCUT2D eigenvalue weighted by Crippen LogP contribution is 2.26. The molecular weight excluding hydrogens is 402 g/mol. The Morgan fingerprint density at radius 2 is 2.03 bits per heavy atom. The summed E-state index contributed by atoms with van der Waals surface area (Å²) in [4.78, 5) is 28.9. The average molecular weight is 428 g/mol. The lowest BCUT2D eigenvalue weighted by atomic mass is 9.97. The molecule has 0 radical (unpaired) electrons. The van der Waals surface area contributed by atoms with Gasteiger partial charge in [-0.15, -0.1) is 0 Å². The van der Waals surface area contributed by atoms with E-state index in [4.69, 9.17) is 9.26 Å². The molecule has 1 N–H and O–H groups in total. The zero-order valence-electron chi connectivity index (χ0n) is 17.3. The Morgan fingerprint density at radius 3 is 2.77 bits per heavy atom. The zero-order chi connectivity index (χ0) is 21.5. The summed E-state index contributed by atoms with van der Waals surface area (Å²) in [6, 6.07) is 9.56. The van der Waals surface area contributed by atoms with Crippen LogP contribution >= 0.6 is 11.3 Å².